The third kappa shape index (κ3) is 8.95. The van der Waals surface area contributed by atoms with Crippen LogP contribution in [0.25, 0.3) is 0 Å². The van der Waals surface area contributed by atoms with Gasteiger partial charge in [0.25, 0.3) is 0 Å². The second kappa shape index (κ2) is 12.3. The molecule has 0 saturated heterocycles. The molecule has 3 amide bonds. The maximum absolute atomic E-state index is 12.9. The Kier molecular flexibility index (Phi) is 9.77. The van der Waals surface area contributed by atoms with Gasteiger partial charge in [0.1, 0.15) is 18.7 Å². The molecular weight excluding hydrogens is 509 g/mol. The molecule has 8 heteroatoms. The first-order chi connectivity index (χ1) is 14.7. The zero-order valence-corrected chi connectivity index (χ0v) is 19.8. The first-order valence-corrected chi connectivity index (χ1v) is 11.1. The van der Waals surface area contributed by atoms with Gasteiger partial charge in [-0.15, -0.1) is 0 Å². The largest absolute Gasteiger partial charge is 0.445 e. The summed E-state index contributed by atoms with van der Waals surface area (Å²) >= 11 is 2.18. The molecule has 7 nitrogen and oxygen atoms in total. The Hall–Kier alpha value is -2.62. The van der Waals surface area contributed by atoms with Crippen LogP contribution in [0.3, 0.4) is 0 Å². The molecule has 0 aromatic heterocycles. The summed E-state index contributed by atoms with van der Waals surface area (Å²) in [5, 5.41) is 5.29. The molecule has 0 heterocycles. The average molecular weight is 537 g/mol. The van der Waals surface area contributed by atoms with Crippen molar-refractivity contribution in [3.63, 3.8) is 0 Å². The zero-order chi connectivity index (χ0) is 22.8. The van der Waals surface area contributed by atoms with E-state index >= 15 is 0 Å². The van der Waals surface area contributed by atoms with E-state index in [1.165, 1.54) is 0 Å². The second-order valence-corrected chi connectivity index (χ2v) is 8.93. The van der Waals surface area contributed by atoms with Crippen molar-refractivity contribution >= 4 is 40.5 Å². The molecule has 2 rings (SSSR count). The highest BCUT2D eigenvalue weighted by atomic mass is 127. The topological polar surface area (TPSA) is 111 Å². The number of primary amides is 1. The summed E-state index contributed by atoms with van der Waals surface area (Å²) in [6.45, 7) is 3.97. The number of halogens is 1. The average Bonchev–Trinajstić information content (AvgIpc) is 2.71. The highest BCUT2D eigenvalue weighted by molar-refractivity contribution is 14.1. The molecule has 0 spiro atoms. The Morgan fingerprint density at radius 2 is 1.65 bits per heavy atom. The molecule has 0 radical (unpaired) electrons. The van der Waals surface area contributed by atoms with Gasteiger partial charge in [-0.25, -0.2) is 4.79 Å². The number of nitrogens with two attached hydrogens (primary N) is 1. The number of nitrogens with one attached hydrogen (secondary N) is 2. The first-order valence-electron chi connectivity index (χ1n) is 10.1. The molecule has 0 aliphatic carbocycles. The molecule has 0 saturated carbocycles. The fourth-order valence-corrected chi connectivity index (χ4v) is 3.61. The van der Waals surface area contributed by atoms with E-state index in [1.807, 2.05) is 68.4 Å². The van der Waals surface area contributed by atoms with E-state index in [0.29, 0.717) is 6.42 Å². The predicted molar refractivity (Wildman–Crippen MR) is 127 cm³/mol. The molecular formula is C23H28IN3O4. The second-order valence-electron chi connectivity index (χ2n) is 7.69. The van der Waals surface area contributed by atoms with E-state index in [2.05, 4.69) is 33.2 Å². The Balaban J connectivity index is 2.00. The minimum absolute atomic E-state index is 0.0965. The number of hydrogen-bond donors (Lipinski definition) is 3. The number of rotatable bonds is 10. The van der Waals surface area contributed by atoms with Crippen molar-refractivity contribution in [1.29, 1.82) is 0 Å². The Labute approximate surface area is 196 Å². The molecule has 0 fully saturated rings. The van der Waals surface area contributed by atoms with Crippen LogP contribution in [0.1, 0.15) is 31.4 Å². The highest BCUT2D eigenvalue weighted by Crippen LogP contribution is 2.11. The Bertz CT molecular complexity index is 889. The first kappa shape index (κ1) is 24.6. The van der Waals surface area contributed by atoms with E-state index in [4.69, 9.17) is 10.5 Å². The quantitative estimate of drug-likeness (QED) is 0.405. The highest BCUT2D eigenvalue weighted by Gasteiger charge is 2.27. The van der Waals surface area contributed by atoms with Crippen LogP contribution in [0.5, 0.6) is 0 Å². The van der Waals surface area contributed by atoms with Crippen molar-refractivity contribution in [2.75, 3.05) is 0 Å². The van der Waals surface area contributed by atoms with Gasteiger partial charge in [0, 0.05) is 9.99 Å². The lowest BCUT2D eigenvalue weighted by molar-refractivity contribution is -0.128. The van der Waals surface area contributed by atoms with Crippen molar-refractivity contribution in [3.05, 3.63) is 69.3 Å². The number of alkyl carbamates (subject to hydrolysis) is 1. The van der Waals surface area contributed by atoms with Crippen LogP contribution in [0.4, 0.5) is 4.79 Å². The summed E-state index contributed by atoms with van der Waals surface area (Å²) in [6, 6.07) is 15.1. The van der Waals surface area contributed by atoms with Crippen molar-refractivity contribution in [1.82, 2.24) is 10.6 Å². The predicted octanol–water partition coefficient (Wildman–Crippen LogP) is 3.14. The smallest absolute Gasteiger partial charge is 0.408 e. The molecule has 4 N–H and O–H groups in total. The summed E-state index contributed by atoms with van der Waals surface area (Å²) in [6.07, 6.45) is -0.0379. The van der Waals surface area contributed by atoms with Crippen molar-refractivity contribution in [2.45, 2.75) is 45.4 Å². The molecule has 0 aliphatic heterocycles. The molecule has 2 aromatic rings. The fourth-order valence-electron chi connectivity index (χ4n) is 3.00. The minimum atomic E-state index is -0.887. The summed E-state index contributed by atoms with van der Waals surface area (Å²) in [7, 11) is 0. The van der Waals surface area contributed by atoms with E-state index in [-0.39, 0.29) is 18.9 Å². The van der Waals surface area contributed by atoms with E-state index in [0.717, 1.165) is 14.7 Å². The van der Waals surface area contributed by atoms with Crippen LogP contribution in [0.15, 0.2) is 54.6 Å². The van der Waals surface area contributed by atoms with Crippen LogP contribution in [0.2, 0.25) is 0 Å². The SMILES string of the molecule is CC(C)C[C@H](NC(=O)OCc1ccccc1)C(=O)N[C@@H](Cc1cccc(I)c1)C(N)=O. The van der Waals surface area contributed by atoms with Crippen molar-refractivity contribution in [2.24, 2.45) is 11.7 Å². The van der Waals surface area contributed by atoms with Gasteiger partial charge in [-0.1, -0.05) is 56.3 Å². The molecule has 2 atom stereocenters. The monoisotopic (exact) mass is 537 g/mol. The number of benzene rings is 2. The van der Waals surface area contributed by atoms with Crippen molar-refractivity contribution in [3.8, 4) is 0 Å². The van der Waals surface area contributed by atoms with Gasteiger partial charge >= 0.3 is 6.09 Å². The van der Waals surface area contributed by atoms with Gasteiger partial charge in [-0.3, -0.25) is 9.59 Å². The minimum Gasteiger partial charge on any atom is -0.445 e. The molecule has 0 bridgehead atoms. The van der Waals surface area contributed by atoms with Crippen LogP contribution in [-0.4, -0.2) is 30.0 Å². The van der Waals surface area contributed by atoms with Gasteiger partial charge in [-0.05, 0) is 58.2 Å². The van der Waals surface area contributed by atoms with Gasteiger partial charge in [0.2, 0.25) is 11.8 Å². The van der Waals surface area contributed by atoms with Gasteiger partial charge in [0.15, 0.2) is 0 Å². The number of hydrogen-bond acceptors (Lipinski definition) is 4. The Morgan fingerprint density at radius 1 is 0.968 bits per heavy atom. The summed E-state index contributed by atoms with van der Waals surface area (Å²) < 4.78 is 6.25. The molecule has 0 aliphatic rings. The van der Waals surface area contributed by atoms with Crippen LogP contribution < -0.4 is 16.4 Å². The lowest BCUT2D eigenvalue weighted by Gasteiger charge is -2.23. The van der Waals surface area contributed by atoms with Crippen LogP contribution >= 0.6 is 22.6 Å². The number of amides is 3. The van der Waals surface area contributed by atoms with Crippen LogP contribution in [0, 0.1) is 9.49 Å². The number of carbonyl (C=O) groups is 3. The van der Waals surface area contributed by atoms with Crippen LogP contribution in [-0.2, 0) is 27.4 Å². The van der Waals surface area contributed by atoms with Gasteiger partial charge < -0.3 is 21.1 Å². The number of ether oxygens (including phenoxy) is 1. The van der Waals surface area contributed by atoms with Gasteiger partial charge in [-0.2, -0.15) is 0 Å². The van der Waals surface area contributed by atoms with E-state index < -0.39 is 30.0 Å². The summed E-state index contributed by atoms with van der Waals surface area (Å²) in [5.41, 5.74) is 7.24. The van der Waals surface area contributed by atoms with Gasteiger partial charge in [0.05, 0.1) is 0 Å². The third-order valence-electron chi connectivity index (χ3n) is 4.52. The lowest BCUT2D eigenvalue weighted by Crippen LogP contribution is -2.54. The molecule has 0 unspecified atom stereocenters. The Morgan fingerprint density at radius 3 is 2.26 bits per heavy atom. The maximum atomic E-state index is 12.9. The summed E-state index contributed by atoms with van der Waals surface area (Å²) in [4.78, 5) is 37.1. The number of carbonyl (C=O) groups excluding carboxylic acids is 3. The third-order valence-corrected chi connectivity index (χ3v) is 5.19. The fraction of sp³-hybridized carbons (Fsp3) is 0.348. The molecule has 166 valence electrons. The normalized spacial score (nSPS) is 12.6. The maximum Gasteiger partial charge on any atom is 0.408 e. The summed E-state index contributed by atoms with van der Waals surface area (Å²) in [5.74, 6) is -0.977. The lowest BCUT2D eigenvalue weighted by atomic mass is 10.0. The zero-order valence-electron chi connectivity index (χ0n) is 17.6. The van der Waals surface area contributed by atoms with E-state index in [1.54, 1.807) is 0 Å². The molecule has 31 heavy (non-hydrogen) atoms. The van der Waals surface area contributed by atoms with E-state index in [9.17, 15) is 14.4 Å². The standard InChI is InChI=1S/C23H28IN3O4/c1-15(2)11-20(27-23(30)31-14-16-7-4-3-5-8-16)22(29)26-19(21(25)28)13-17-9-6-10-18(24)12-17/h3-10,12,15,19-20H,11,13-14H2,1-2H3,(H2,25,28)(H,26,29)(H,27,30)/t19-,20-/m0/s1. The molecule has 2 aromatic carbocycles. The van der Waals surface area contributed by atoms with Crippen molar-refractivity contribution < 1.29 is 19.1 Å².